The summed E-state index contributed by atoms with van der Waals surface area (Å²) < 4.78 is 27.0. The maximum absolute atomic E-state index is 13.3. The third-order valence-corrected chi connectivity index (χ3v) is 4.18. The summed E-state index contributed by atoms with van der Waals surface area (Å²) in [7, 11) is 0. The fourth-order valence-electron chi connectivity index (χ4n) is 1.87. The Morgan fingerprint density at radius 3 is 2.57 bits per heavy atom. The van der Waals surface area contributed by atoms with Gasteiger partial charge in [-0.15, -0.1) is 11.3 Å². The van der Waals surface area contributed by atoms with Crippen molar-refractivity contribution in [1.82, 2.24) is 4.90 Å². The number of carbonyl (C=O) groups excluding carboxylic acids is 1. The van der Waals surface area contributed by atoms with Crippen molar-refractivity contribution in [2.45, 2.75) is 13.5 Å². The number of amides is 1. The van der Waals surface area contributed by atoms with Gasteiger partial charge in [0.2, 0.25) is 0 Å². The smallest absolute Gasteiger partial charge is 0.256 e. The molecule has 0 spiro atoms. The summed E-state index contributed by atoms with van der Waals surface area (Å²) in [5.41, 5.74) is 5.48. The molecular weight excluding hydrogens is 318 g/mol. The van der Waals surface area contributed by atoms with Gasteiger partial charge in [0.25, 0.3) is 5.91 Å². The lowest BCUT2D eigenvalue weighted by Crippen LogP contribution is -2.30. The van der Waals surface area contributed by atoms with Gasteiger partial charge in [0.15, 0.2) is 11.6 Å². The molecule has 1 aromatic carbocycles. The average molecular weight is 331 g/mol. The van der Waals surface area contributed by atoms with Crippen LogP contribution in [0.15, 0.2) is 24.3 Å². The van der Waals surface area contributed by atoms with Crippen LogP contribution in [0.3, 0.4) is 0 Å². The van der Waals surface area contributed by atoms with E-state index >= 15 is 0 Å². The van der Waals surface area contributed by atoms with Crippen molar-refractivity contribution < 1.29 is 13.6 Å². The number of halogens is 3. The van der Waals surface area contributed by atoms with Crippen LogP contribution in [0.1, 0.15) is 22.2 Å². The Labute approximate surface area is 129 Å². The number of anilines is 1. The van der Waals surface area contributed by atoms with E-state index in [1.54, 1.807) is 13.0 Å². The highest BCUT2D eigenvalue weighted by molar-refractivity contribution is 7.16. The van der Waals surface area contributed by atoms with Crippen molar-refractivity contribution in [2.75, 3.05) is 12.3 Å². The number of carbonyl (C=O) groups is 1. The van der Waals surface area contributed by atoms with Crippen molar-refractivity contribution in [2.24, 2.45) is 0 Å². The minimum atomic E-state index is -1.09. The first-order valence-electron chi connectivity index (χ1n) is 6.20. The topological polar surface area (TPSA) is 46.3 Å². The Kier molecular flexibility index (Phi) is 4.80. The number of nitrogens with zero attached hydrogens (tertiary/aromatic N) is 1. The molecule has 0 atom stereocenters. The summed E-state index contributed by atoms with van der Waals surface area (Å²) in [6, 6.07) is 5.21. The molecular formula is C14H13ClF2N2OS. The minimum absolute atomic E-state index is 0.0431. The monoisotopic (exact) mass is 330 g/mol. The van der Waals surface area contributed by atoms with E-state index in [9.17, 15) is 13.6 Å². The van der Waals surface area contributed by atoms with Crippen LogP contribution in [0.25, 0.3) is 0 Å². The summed E-state index contributed by atoms with van der Waals surface area (Å²) in [5, 5.41) is 0. The van der Waals surface area contributed by atoms with Gasteiger partial charge in [-0.25, -0.2) is 8.78 Å². The summed E-state index contributed by atoms with van der Waals surface area (Å²) in [6.45, 7) is 2.54. The highest BCUT2D eigenvalue weighted by atomic mass is 35.5. The zero-order chi connectivity index (χ0) is 15.6. The molecule has 2 N–H and O–H groups in total. The molecule has 1 amide bonds. The lowest BCUT2D eigenvalue weighted by molar-refractivity contribution is 0.0754. The van der Waals surface area contributed by atoms with E-state index in [-0.39, 0.29) is 11.3 Å². The highest BCUT2D eigenvalue weighted by Gasteiger charge is 2.20. The molecule has 0 aliphatic rings. The molecule has 2 rings (SSSR count). The summed E-state index contributed by atoms with van der Waals surface area (Å²) in [6.07, 6.45) is 0. The Balaban J connectivity index is 2.26. The zero-order valence-corrected chi connectivity index (χ0v) is 12.8. The highest BCUT2D eigenvalue weighted by Crippen LogP contribution is 2.24. The second kappa shape index (κ2) is 6.41. The van der Waals surface area contributed by atoms with Gasteiger partial charge in [0, 0.05) is 23.2 Å². The third kappa shape index (κ3) is 3.51. The summed E-state index contributed by atoms with van der Waals surface area (Å²) in [4.78, 5) is 14.8. The molecule has 112 valence electrons. The zero-order valence-electron chi connectivity index (χ0n) is 11.2. The molecule has 1 aromatic heterocycles. The van der Waals surface area contributed by atoms with E-state index in [2.05, 4.69) is 0 Å². The van der Waals surface area contributed by atoms with E-state index in [0.29, 0.717) is 17.4 Å². The predicted octanol–water partition coefficient (Wildman–Crippen LogP) is 3.92. The molecule has 0 fully saturated rings. The third-order valence-electron chi connectivity index (χ3n) is 2.97. The molecule has 0 unspecified atom stereocenters. The fraction of sp³-hybridized carbons (Fsp3) is 0.214. The summed E-state index contributed by atoms with van der Waals surface area (Å²) >= 11 is 7.21. The molecule has 7 heteroatoms. The van der Waals surface area contributed by atoms with Gasteiger partial charge >= 0.3 is 0 Å². The first-order chi connectivity index (χ1) is 9.92. The molecule has 0 radical (unpaired) electrons. The second-order valence-electron chi connectivity index (χ2n) is 4.38. The molecule has 21 heavy (non-hydrogen) atoms. The van der Waals surface area contributed by atoms with Crippen molar-refractivity contribution in [1.29, 1.82) is 0 Å². The van der Waals surface area contributed by atoms with E-state index in [0.717, 1.165) is 17.0 Å². The van der Waals surface area contributed by atoms with E-state index < -0.39 is 17.5 Å². The van der Waals surface area contributed by atoms with Crippen LogP contribution in [-0.2, 0) is 6.54 Å². The van der Waals surface area contributed by atoms with Crippen LogP contribution in [-0.4, -0.2) is 17.4 Å². The van der Waals surface area contributed by atoms with Gasteiger partial charge in [-0.2, -0.15) is 0 Å². The fourth-order valence-corrected chi connectivity index (χ4v) is 2.97. The number of nitrogen functional groups attached to an aromatic ring is 1. The number of thiophene rings is 1. The molecule has 3 nitrogen and oxygen atoms in total. The SMILES string of the molecule is CCN(Cc1ccc(Cl)s1)C(=O)c1cc(F)c(F)cc1N. The first kappa shape index (κ1) is 15.7. The normalized spacial score (nSPS) is 10.7. The van der Waals surface area contributed by atoms with Crippen molar-refractivity contribution in [3.8, 4) is 0 Å². The van der Waals surface area contributed by atoms with Gasteiger partial charge in [-0.05, 0) is 25.1 Å². The maximum Gasteiger partial charge on any atom is 0.256 e. The average Bonchev–Trinajstić information content (AvgIpc) is 2.85. The molecule has 0 aliphatic carbocycles. The predicted molar refractivity (Wildman–Crippen MR) is 80.5 cm³/mol. The largest absolute Gasteiger partial charge is 0.398 e. The molecule has 2 aromatic rings. The lowest BCUT2D eigenvalue weighted by Gasteiger charge is -2.21. The van der Waals surface area contributed by atoms with Gasteiger partial charge in [0.05, 0.1) is 16.4 Å². The first-order valence-corrected chi connectivity index (χ1v) is 7.39. The Morgan fingerprint density at radius 1 is 1.33 bits per heavy atom. The molecule has 0 saturated heterocycles. The standard InChI is InChI=1S/C14H13ClF2N2OS/c1-2-19(7-8-3-4-13(15)21-8)14(20)9-5-10(16)11(17)6-12(9)18/h3-6H,2,7,18H2,1H3. The van der Waals surface area contributed by atoms with Gasteiger partial charge in [-0.3, -0.25) is 4.79 Å². The van der Waals surface area contributed by atoms with Crippen molar-refractivity contribution in [3.05, 3.63) is 50.7 Å². The van der Waals surface area contributed by atoms with Crippen LogP contribution in [0.4, 0.5) is 14.5 Å². The van der Waals surface area contributed by atoms with E-state index in [4.69, 9.17) is 17.3 Å². The lowest BCUT2D eigenvalue weighted by atomic mass is 10.1. The van der Waals surface area contributed by atoms with Gasteiger partial charge < -0.3 is 10.6 Å². The maximum atomic E-state index is 13.3. The van der Waals surface area contributed by atoms with Crippen molar-refractivity contribution in [3.63, 3.8) is 0 Å². The minimum Gasteiger partial charge on any atom is -0.398 e. The van der Waals surface area contributed by atoms with Gasteiger partial charge in [-0.1, -0.05) is 11.6 Å². The van der Waals surface area contributed by atoms with Crippen LogP contribution >= 0.6 is 22.9 Å². The van der Waals surface area contributed by atoms with Crippen LogP contribution < -0.4 is 5.73 Å². The number of rotatable bonds is 4. The Morgan fingerprint density at radius 2 is 2.00 bits per heavy atom. The van der Waals surface area contributed by atoms with Crippen LogP contribution in [0.2, 0.25) is 4.34 Å². The van der Waals surface area contributed by atoms with Gasteiger partial charge in [0.1, 0.15) is 0 Å². The Bertz CT molecular complexity index is 675. The van der Waals surface area contributed by atoms with E-state index in [1.807, 2.05) is 6.07 Å². The van der Waals surface area contributed by atoms with E-state index in [1.165, 1.54) is 16.2 Å². The number of hydrogen-bond acceptors (Lipinski definition) is 3. The molecule has 0 saturated carbocycles. The summed E-state index contributed by atoms with van der Waals surface area (Å²) in [5.74, 6) is -2.61. The molecule has 1 heterocycles. The van der Waals surface area contributed by atoms with Crippen LogP contribution in [0.5, 0.6) is 0 Å². The van der Waals surface area contributed by atoms with Crippen LogP contribution in [0, 0.1) is 11.6 Å². The Hall–Kier alpha value is -1.66. The number of hydrogen-bond donors (Lipinski definition) is 1. The number of benzene rings is 1. The van der Waals surface area contributed by atoms with Crippen molar-refractivity contribution >= 4 is 34.5 Å². The second-order valence-corrected chi connectivity index (χ2v) is 6.18. The molecule has 0 bridgehead atoms. The number of nitrogens with two attached hydrogens (primary N) is 1. The quantitative estimate of drug-likeness (QED) is 0.863. The molecule has 0 aliphatic heterocycles.